The van der Waals surface area contributed by atoms with E-state index in [0.29, 0.717) is 5.56 Å². The minimum atomic E-state index is 0.643. The number of fused-ring (bicyclic) bond motifs is 3. The van der Waals surface area contributed by atoms with Crippen molar-refractivity contribution in [3.05, 3.63) is 59.0 Å². The first-order valence-corrected chi connectivity index (χ1v) is 9.84. The Bertz CT molecular complexity index is 1240. The molecule has 0 bridgehead atoms. The number of rotatable bonds is 3. The van der Waals surface area contributed by atoms with Crippen molar-refractivity contribution in [3.63, 3.8) is 0 Å². The van der Waals surface area contributed by atoms with Gasteiger partial charge in [0.2, 0.25) is 0 Å². The molecule has 146 valence electrons. The average molecular weight is 386 g/mol. The van der Waals surface area contributed by atoms with Crippen LogP contribution in [-0.4, -0.2) is 45.6 Å². The van der Waals surface area contributed by atoms with Crippen molar-refractivity contribution >= 4 is 22.5 Å². The van der Waals surface area contributed by atoms with E-state index in [0.717, 1.165) is 72.2 Å². The highest BCUT2D eigenvalue weighted by Crippen LogP contribution is 2.29. The SMILES string of the molecule is Cc1cc(CN2CCN(c3cc(C)c(C#N)c4nc5ccccc5n34)CC2)on1. The maximum atomic E-state index is 9.68. The van der Waals surface area contributed by atoms with Crippen LogP contribution in [0.3, 0.4) is 0 Å². The first kappa shape index (κ1) is 17.7. The number of nitriles is 1. The van der Waals surface area contributed by atoms with Crippen LogP contribution in [0.4, 0.5) is 5.82 Å². The van der Waals surface area contributed by atoms with Crippen molar-refractivity contribution in [2.45, 2.75) is 20.4 Å². The van der Waals surface area contributed by atoms with Gasteiger partial charge in [0.25, 0.3) is 0 Å². The molecule has 0 N–H and O–H groups in total. The molecule has 29 heavy (non-hydrogen) atoms. The van der Waals surface area contributed by atoms with Crippen LogP contribution in [0, 0.1) is 25.2 Å². The van der Waals surface area contributed by atoms with Gasteiger partial charge in [-0.25, -0.2) is 4.98 Å². The predicted octanol–water partition coefficient (Wildman–Crippen LogP) is 3.29. The van der Waals surface area contributed by atoms with Gasteiger partial charge in [0.05, 0.1) is 28.8 Å². The Labute approximate surface area is 168 Å². The smallest absolute Gasteiger partial charge is 0.157 e. The number of hydrogen-bond acceptors (Lipinski definition) is 6. The number of nitrogens with zero attached hydrogens (tertiary/aromatic N) is 6. The molecule has 0 radical (unpaired) electrons. The van der Waals surface area contributed by atoms with Crippen molar-refractivity contribution < 1.29 is 4.52 Å². The lowest BCUT2D eigenvalue weighted by molar-refractivity contribution is 0.219. The number of para-hydroxylation sites is 2. The molecule has 4 aromatic rings. The molecule has 1 aliphatic rings. The van der Waals surface area contributed by atoms with Gasteiger partial charge in [-0.2, -0.15) is 5.26 Å². The van der Waals surface area contributed by atoms with E-state index in [1.54, 1.807) is 0 Å². The standard InChI is InChI=1S/C22H22N6O/c1-15-11-21(27-9-7-26(8-10-27)14-17-12-16(2)25-29-17)28-20-6-4-3-5-19(20)24-22(28)18(15)13-23/h3-6,11-12H,7-10,14H2,1-2H3. The highest BCUT2D eigenvalue weighted by atomic mass is 16.5. The number of imidazole rings is 1. The van der Waals surface area contributed by atoms with Crippen molar-refractivity contribution in [3.8, 4) is 6.07 Å². The average Bonchev–Trinajstić information content (AvgIpc) is 3.31. The van der Waals surface area contributed by atoms with Crippen molar-refractivity contribution in [1.82, 2.24) is 19.4 Å². The van der Waals surface area contributed by atoms with E-state index in [-0.39, 0.29) is 0 Å². The molecular weight excluding hydrogens is 364 g/mol. The van der Waals surface area contributed by atoms with Gasteiger partial charge in [0.1, 0.15) is 11.9 Å². The fourth-order valence-electron chi connectivity index (χ4n) is 4.15. The highest BCUT2D eigenvalue weighted by Gasteiger charge is 2.23. The van der Waals surface area contributed by atoms with Crippen LogP contribution in [0.1, 0.15) is 22.6 Å². The quantitative estimate of drug-likeness (QED) is 0.538. The summed E-state index contributed by atoms with van der Waals surface area (Å²) in [7, 11) is 0. The minimum absolute atomic E-state index is 0.643. The molecule has 0 atom stereocenters. The van der Waals surface area contributed by atoms with Gasteiger partial charge < -0.3 is 9.42 Å². The predicted molar refractivity (Wildman–Crippen MR) is 111 cm³/mol. The molecule has 0 amide bonds. The first-order chi connectivity index (χ1) is 14.1. The third kappa shape index (κ3) is 3.02. The zero-order valence-electron chi connectivity index (χ0n) is 16.6. The summed E-state index contributed by atoms with van der Waals surface area (Å²) in [5, 5.41) is 13.7. The maximum absolute atomic E-state index is 9.68. The number of anilines is 1. The molecule has 3 aromatic heterocycles. The van der Waals surface area contributed by atoms with Crippen molar-refractivity contribution in [2.24, 2.45) is 0 Å². The van der Waals surface area contributed by atoms with Gasteiger partial charge in [-0.1, -0.05) is 17.3 Å². The summed E-state index contributed by atoms with van der Waals surface area (Å²) in [5.41, 5.74) is 5.21. The number of piperazine rings is 1. The summed E-state index contributed by atoms with van der Waals surface area (Å²) >= 11 is 0. The fraction of sp³-hybridized carbons (Fsp3) is 0.318. The lowest BCUT2D eigenvalue weighted by atomic mass is 10.1. The van der Waals surface area contributed by atoms with E-state index in [2.05, 4.69) is 37.6 Å². The monoisotopic (exact) mass is 386 g/mol. The lowest BCUT2D eigenvalue weighted by Crippen LogP contribution is -2.46. The van der Waals surface area contributed by atoms with Gasteiger partial charge in [0.15, 0.2) is 11.4 Å². The summed E-state index contributed by atoms with van der Waals surface area (Å²) in [5.74, 6) is 2.01. The summed E-state index contributed by atoms with van der Waals surface area (Å²) in [6, 6.07) is 14.5. The summed E-state index contributed by atoms with van der Waals surface area (Å²) in [4.78, 5) is 9.53. The Balaban J connectivity index is 1.48. The number of hydrogen-bond donors (Lipinski definition) is 0. The minimum Gasteiger partial charge on any atom is -0.360 e. The fourth-order valence-corrected chi connectivity index (χ4v) is 4.15. The van der Waals surface area contributed by atoms with E-state index in [4.69, 9.17) is 9.51 Å². The lowest BCUT2D eigenvalue weighted by Gasteiger charge is -2.36. The highest BCUT2D eigenvalue weighted by molar-refractivity contribution is 5.85. The molecule has 1 aromatic carbocycles. The molecule has 1 saturated heterocycles. The van der Waals surface area contributed by atoms with Crippen LogP contribution in [0.2, 0.25) is 0 Å². The third-order valence-electron chi connectivity index (χ3n) is 5.62. The van der Waals surface area contributed by atoms with Gasteiger partial charge in [0, 0.05) is 32.2 Å². The maximum Gasteiger partial charge on any atom is 0.157 e. The molecule has 5 rings (SSSR count). The molecule has 7 nitrogen and oxygen atoms in total. The van der Waals surface area contributed by atoms with Gasteiger partial charge in [-0.05, 0) is 37.6 Å². The molecule has 7 heteroatoms. The number of benzene rings is 1. The van der Waals surface area contributed by atoms with Crippen molar-refractivity contribution in [1.29, 1.82) is 5.26 Å². The van der Waals surface area contributed by atoms with E-state index in [1.807, 2.05) is 38.1 Å². The molecule has 4 heterocycles. The van der Waals surface area contributed by atoms with E-state index in [9.17, 15) is 5.26 Å². The topological polar surface area (TPSA) is 73.6 Å². The molecule has 0 saturated carbocycles. The normalized spacial score (nSPS) is 15.3. The van der Waals surface area contributed by atoms with Crippen molar-refractivity contribution in [2.75, 3.05) is 31.1 Å². The summed E-state index contributed by atoms with van der Waals surface area (Å²) < 4.78 is 7.50. The molecule has 1 aliphatic heterocycles. The summed E-state index contributed by atoms with van der Waals surface area (Å²) in [6.07, 6.45) is 0. The van der Waals surface area contributed by atoms with Gasteiger partial charge in [-0.15, -0.1) is 0 Å². The van der Waals surface area contributed by atoms with Gasteiger partial charge >= 0.3 is 0 Å². The number of pyridine rings is 1. The Kier molecular flexibility index (Phi) is 4.22. The van der Waals surface area contributed by atoms with E-state index >= 15 is 0 Å². The third-order valence-corrected chi connectivity index (χ3v) is 5.62. The second-order valence-corrected chi connectivity index (χ2v) is 7.63. The Morgan fingerprint density at radius 3 is 2.62 bits per heavy atom. The first-order valence-electron chi connectivity index (χ1n) is 9.84. The summed E-state index contributed by atoms with van der Waals surface area (Å²) in [6.45, 7) is 8.40. The van der Waals surface area contributed by atoms with Crippen LogP contribution in [0.15, 0.2) is 40.9 Å². The van der Waals surface area contributed by atoms with Crippen LogP contribution in [-0.2, 0) is 6.54 Å². The van der Waals surface area contributed by atoms with Crippen LogP contribution < -0.4 is 4.90 Å². The molecule has 1 fully saturated rings. The molecule has 0 aliphatic carbocycles. The second-order valence-electron chi connectivity index (χ2n) is 7.63. The number of aromatic nitrogens is 3. The number of aryl methyl sites for hydroxylation is 2. The molecular formula is C22H22N6O. The van der Waals surface area contributed by atoms with E-state index < -0.39 is 0 Å². The Hall–Kier alpha value is -3.37. The van der Waals surface area contributed by atoms with Crippen LogP contribution in [0.25, 0.3) is 16.7 Å². The van der Waals surface area contributed by atoms with Crippen LogP contribution in [0.5, 0.6) is 0 Å². The Morgan fingerprint density at radius 1 is 1.10 bits per heavy atom. The zero-order valence-corrected chi connectivity index (χ0v) is 16.6. The zero-order chi connectivity index (χ0) is 20.0. The molecule has 0 unspecified atom stereocenters. The Morgan fingerprint density at radius 2 is 1.90 bits per heavy atom. The van der Waals surface area contributed by atoms with E-state index in [1.165, 1.54) is 0 Å². The van der Waals surface area contributed by atoms with Crippen LogP contribution >= 0.6 is 0 Å². The molecule has 0 spiro atoms. The largest absolute Gasteiger partial charge is 0.360 e. The van der Waals surface area contributed by atoms with Gasteiger partial charge in [-0.3, -0.25) is 9.30 Å². The second kappa shape index (κ2) is 6.90.